The van der Waals surface area contributed by atoms with Crippen LogP contribution in [0.2, 0.25) is 0 Å². The number of nitrogens with one attached hydrogen (secondary N) is 1. The van der Waals surface area contributed by atoms with Crippen LogP contribution >= 0.6 is 0 Å². The zero-order chi connectivity index (χ0) is 11.5. The molecule has 0 bridgehead atoms. The van der Waals surface area contributed by atoms with Gasteiger partial charge in [-0.05, 0) is 18.8 Å². The van der Waals surface area contributed by atoms with E-state index in [1.807, 2.05) is 4.90 Å². The average Bonchev–Trinajstić information content (AvgIpc) is 2.81. The molecule has 5 nitrogen and oxygen atoms in total. The lowest BCUT2D eigenvalue weighted by molar-refractivity contribution is 0.0527. The van der Waals surface area contributed by atoms with Gasteiger partial charge in [-0.1, -0.05) is 6.92 Å². The minimum absolute atomic E-state index is 0.0134. The van der Waals surface area contributed by atoms with Crippen molar-refractivity contribution in [1.82, 2.24) is 14.9 Å². The third-order valence-electron chi connectivity index (χ3n) is 3.35. The molecule has 2 unspecified atom stereocenters. The fourth-order valence-corrected chi connectivity index (χ4v) is 2.39. The molecule has 3 N–H and O–H groups in total. The van der Waals surface area contributed by atoms with Crippen LogP contribution in [0.3, 0.4) is 0 Å². The van der Waals surface area contributed by atoms with Gasteiger partial charge in [0.05, 0.1) is 12.5 Å². The van der Waals surface area contributed by atoms with E-state index in [4.69, 9.17) is 5.73 Å². The summed E-state index contributed by atoms with van der Waals surface area (Å²) in [7, 11) is 0. The Morgan fingerprint density at radius 1 is 1.75 bits per heavy atom. The van der Waals surface area contributed by atoms with Crippen LogP contribution in [0.4, 0.5) is 0 Å². The van der Waals surface area contributed by atoms with Crippen LogP contribution in [0.15, 0.2) is 12.5 Å². The van der Waals surface area contributed by atoms with Gasteiger partial charge in [0, 0.05) is 19.1 Å². The highest BCUT2D eigenvalue weighted by molar-refractivity contribution is 5.92. The Kier molecular flexibility index (Phi) is 3.24. The molecule has 2 atom stereocenters. The number of aromatic amines is 1. The molecule has 1 aromatic rings. The second-order valence-corrected chi connectivity index (χ2v) is 4.39. The molecule has 0 spiro atoms. The smallest absolute Gasteiger partial charge is 0.272 e. The van der Waals surface area contributed by atoms with E-state index in [0.717, 1.165) is 19.4 Å². The van der Waals surface area contributed by atoms with Crippen LogP contribution in [0, 0.1) is 5.92 Å². The number of nitrogens with zero attached hydrogens (tertiary/aromatic N) is 2. The second-order valence-electron chi connectivity index (χ2n) is 4.39. The van der Waals surface area contributed by atoms with E-state index in [-0.39, 0.29) is 11.9 Å². The van der Waals surface area contributed by atoms with Crippen molar-refractivity contribution in [3.8, 4) is 0 Å². The number of carbonyl (C=O) groups is 1. The zero-order valence-corrected chi connectivity index (χ0v) is 9.52. The number of imidazole rings is 1. The Bertz CT molecular complexity index is 349. The maximum absolute atomic E-state index is 12.2. The molecule has 2 rings (SSSR count). The van der Waals surface area contributed by atoms with Gasteiger partial charge in [0.1, 0.15) is 5.69 Å². The summed E-state index contributed by atoms with van der Waals surface area (Å²) in [5.74, 6) is 0.491. The molecule has 0 saturated carbocycles. The number of piperidine rings is 1. The van der Waals surface area contributed by atoms with Gasteiger partial charge in [0.2, 0.25) is 0 Å². The highest BCUT2D eigenvalue weighted by atomic mass is 16.2. The van der Waals surface area contributed by atoms with Gasteiger partial charge in [0.25, 0.3) is 5.91 Å². The highest BCUT2D eigenvalue weighted by Gasteiger charge is 2.31. The predicted molar refractivity (Wildman–Crippen MR) is 60.9 cm³/mol. The summed E-state index contributed by atoms with van der Waals surface area (Å²) in [6.07, 6.45) is 5.29. The van der Waals surface area contributed by atoms with Crippen molar-refractivity contribution >= 4 is 5.91 Å². The number of hydrogen-bond donors (Lipinski definition) is 2. The Hall–Kier alpha value is -1.36. The lowest BCUT2D eigenvalue weighted by Crippen LogP contribution is -2.51. The minimum atomic E-state index is 0.0134. The molecule has 2 heterocycles. The first-order valence-electron chi connectivity index (χ1n) is 5.73. The van der Waals surface area contributed by atoms with Crippen LogP contribution in [0.1, 0.15) is 30.3 Å². The van der Waals surface area contributed by atoms with Gasteiger partial charge < -0.3 is 15.6 Å². The topological polar surface area (TPSA) is 75.0 Å². The number of rotatable bonds is 2. The van der Waals surface area contributed by atoms with E-state index in [9.17, 15) is 4.79 Å². The molecule has 1 amide bonds. The largest absolute Gasteiger partial charge is 0.341 e. The molecule has 1 aliphatic rings. The quantitative estimate of drug-likeness (QED) is 0.769. The van der Waals surface area contributed by atoms with Gasteiger partial charge in [0.15, 0.2) is 0 Å². The number of aromatic nitrogens is 2. The van der Waals surface area contributed by atoms with Gasteiger partial charge >= 0.3 is 0 Å². The van der Waals surface area contributed by atoms with E-state index >= 15 is 0 Å². The maximum Gasteiger partial charge on any atom is 0.272 e. The molecule has 0 radical (unpaired) electrons. The molecule has 1 aliphatic heterocycles. The molecule has 88 valence electrons. The molecule has 1 saturated heterocycles. The number of likely N-dealkylation sites (tertiary alicyclic amines) is 1. The first-order chi connectivity index (χ1) is 7.74. The van der Waals surface area contributed by atoms with Gasteiger partial charge in [-0.3, -0.25) is 4.79 Å². The average molecular weight is 222 g/mol. The monoisotopic (exact) mass is 222 g/mol. The van der Waals surface area contributed by atoms with Crippen LogP contribution in [-0.2, 0) is 0 Å². The van der Waals surface area contributed by atoms with E-state index in [1.165, 1.54) is 6.33 Å². The fraction of sp³-hybridized carbons (Fsp3) is 0.636. The summed E-state index contributed by atoms with van der Waals surface area (Å²) in [6, 6.07) is 0.157. The van der Waals surface area contributed by atoms with E-state index < -0.39 is 0 Å². The lowest BCUT2D eigenvalue weighted by atomic mass is 9.90. The molecule has 0 aromatic carbocycles. The Morgan fingerprint density at radius 3 is 3.19 bits per heavy atom. The Labute approximate surface area is 95.0 Å². The molecule has 0 aliphatic carbocycles. The third-order valence-corrected chi connectivity index (χ3v) is 3.35. The standard InChI is InChI=1S/C11H18N4O/c1-8-3-2-4-15(10(8)5-12)11(16)9-6-13-7-14-9/h6-8,10H,2-5,12H2,1H3,(H,13,14). The fourth-order valence-electron chi connectivity index (χ4n) is 2.39. The molecular formula is C11H18N4O. The van der Waals surface area contributed by atoms with Crippen molar-refractivity contribution in [2.75, 3.05) is 13.1 Å². The molecular weight excluding hydrogens is 204 g/mol. The minimum Gasteiger partial charge on any atom is -0.341 e. The van der Waals surface area contributed by atoms with Crippen molar-refractivity contribution in [3.63, 3.8) is 0 Å². The molecule has 16 heavy (non-hydrogen) atoms. The van der Waals surface area contributed by atoms with Crippen LogP contribution < -0.4 is 5.73 Å². The summed E-state index contributed by atoms with van der Waals surface area (Å²) < 4.78 is 0. The maximum atomic E-state index is 12.2. The van der Waals surface area contributed by atoms with E-state index in [2.05, 4.69) is 16.9 Å². The lowest BCUT2D eigenvalue weighted by Gasteiger charge is -2.39. The number of carbonyl (C=O) groups excluding carboxylic acids is 1. The number of H-pyrrole nitrogens is 1. The summed E-state index contributed by atoms with van der Waals surface area (Å²) in [6.45, 7) is 3.48. The van der Waals surface area contributed by atoms with Gasteiger partial charge in [-0.15, -0.1) is 0 Å². The SMILES string of the molecule is CC1CCCN(C(=O)c2cnc[nH]2)C1CN. The summed E-state index contributed by atoms with van der Waals surface area (Å²) in [4.78, 5) is 20.8. The Morgan fingerprint density at radius 2 is 2.56 bits per heavy atom. The molecule has 5 heteroatoms. The number of amides is 1. The zero-order valence-electron chi connectivity index (χ0n) is 9.52. The van der Waals surface area contributed by atoms with Crippen molar-refractivity contribution in [2.24, 2.45) is 11.7 Å². The van der Waals surface area contributed by atoms with E-state index in [0.29, 0.717) is 18.2 Å². The summed E-state index contributed by atoms with van der Waals surface area (Å²) in [5, 5.41) is 0. The van der Waals surface area contributed by atoms with Crippen molar-refractivity contribution in [2.45, 2.75) is 25.8 Å². The molecule has 1 aromatic heterocycles. The Balaban J connectivity index is 2.15. The van der Waals surface area contributed by atoms with Crippen LogP contribution in [0.25, 0.3) is 0 Å². The second kappa shape index (κ2) is 4.65. The van der Waals surface area contributed by atoms with Crippen molar-refractivity contribution in [1.29, 1.82) is 0 Å². The van der Waals surface area contributed by atoms with Crippen LogP contribution in [0.5, 0.6) is 0 Å². The molecule has 1 fully saturated rings. The third kappa shape index (κ3) is 1.95. The van der Waals surface area contributed by atoms with Gasteiger partial charge in [-0.25, -0.2) is 4.98 Å². The number of nitrogens with two attached hydrogens (primary N) is 1. The first kappa shape index (κ1) is 11.1. The highest BCUT2D eigenvalue weighted by Crippen LogP contribution is 2.23. The van der Waals surface area contributed by atoms with Gasteiger partial charge in [-0.2, -0.15) is 0 Å². The van der Waals surface area contributed by atoms with E-state index in [1.54, 1.807) is 6.20 Å². The summed E-state index contributed by atoms with van der Waals surface area (Å²) in [5.41, 5.74) is 6.30. The summed E-state index contributed by atoms with van der Waals surface area (Å²) >= 11 is 0. The van der Waals surface area contributed by atoms with Crippen LogP contribution in [-0.4, -0.2) is 39.9 Å². The number of hydrogen-bond acceptors (Lipinski definition) is 3. The predicted octanol–water partition coefficient (Wildman–Crippen LogP) is 0.609. The first-order valence-corrected chi connectivity index (χ1v) is 5.73. The van der Waals surface area contributed by atoms with Crippen molar-refractivity contribution < 1.29 is 4.79 Å². The normalized spacial score (nSPS) is 25.8. The van der Waals surface area contributed by atoms with Crippen molar-refractivity contribution in [3.05, 3.63) is 18.2 Å².